The molecule has 1 fully saturated rings. The molecular weight excluding hydrogens is 122 g/mol. The Kier molecular flexibility index (Phi) is 1.58. The minimum Gasteiger partial charge on any atom is -0.320 e. The Hall–Kier alpha value is -0.440. The Labute approximate surface area is 52.3 Å². The standard InChI is InChI=1S/C5H7NOS/c1-2-4-3-8-5(7)6-4/h2H,3H2,1H3,(H,6,7). The van der Waals surface area contributed by atoms with Gasteiger partial charge in [0.25, 0.3) is 5.24 Å². The number of allylic oxidation sites excluding steroid dienone is 1. The fraction of sp³-hybridized carbons (Fsp3) is 0.400. The van der Waals surface area contributed by atoms with E-state index in [4.69, 9.17) is 0 Å². The van der Waals surface area contributed by atoms with Gasteiger partial charge in [-0.15, -0.1) is 0 Å². The molecule has 3 heteroatoms. The van der Waals surface area contributed by atoms with Crippen molar-refractivity contribution in [1.82, 2.24) is 5.32 Å². The van der Waals surface area contributed by atoms with Crippen molar-refractivity contribution in [3.8, 4) is 0 Å². The van der Waals surface area contributed by atoms with Gasteiger partial charge in [-0.3, -0.25) is 4.79 Å². The molecule has 1 rings (SSSR count). The van der Waals surface area contributed by atoms with Gasteiger partial charge in [-0.1, -0.05) is 17.8 Å². The number of carbonyl (C=O) groups excluding carboxylic acids is 1. The number of carbonyl (C=O) groups is 1. The van der Waals surface area contributed by atoms with E-state index in [-0.39, 0.29) is 5.24 Å². The van der Waals surface area contributed by atoms with Gasteiger partial charge in [0.05, 0.1) is 0 Å². The number of hydrogen-bond donors (Lipinski definition) is 1. The summed E-state index contributed by atoms with van der Waals surface area (Å²) in [6.07, 6.45) is 1.91. The molecule has 1 saturated heterocycles. The van der Waals surface area contributed by atoms with Gasteiger partial charge in [0.15, 0.2) is 0 Å². The van der Waals surface area contributed by atoms with Crippen LogP contribution in [0.3, 0.4) is 0 Å². The molecule has 0 unspecified atom stereocenters. The smallest absolute Gasteiger partial charge is 0.283 e. The van der Waals surface area contributed by atoms with E-state index in [0.29, 0.717) is 0 Å². The molecular formula is C5H7NOS. The van der Waals surface area contributed by atoms with Crippen molar-refractivity contribution in [3.63, 3.8) is 0 Å². The highest BCUT2D eigenvalue weighted by atomic mass is 32.2. The fourth-order valence-corrected chi connectivity index (χ4v) is 1.23. The van der Waals surface area contributed by atoms with E-state index < -0.39 is 0 Å². The monoisotopic (exact) mass is 129 g/mol. The molecule has 0 atom stereocenters. The molecule has 1 heterocycles. The molecule has 2 nitrogen and oxygen atoms in total. The first-order valence-electron chi connectivity index (χ1n) is 2.42. The summed E-state index contributed by atoms with van der Waals surface area (Å²) in [7, 11) is 0. The molecule has 0 aromatic rings. The van der Waals surface area contributed by atoms with E-state index >= 15 is 0 Å². The molecule has 0 saturated carbocycles. The van der Waals surface area contributed by atoms with Crippen LogP contribution in [-0.2, 0) is 0 Å². The molecule has 1 N–H and O–H groups in total. The minimum atomic E-state index is 0.0677. The van der Waals surface area contributed by atoms with Gasteiger partial charge in [-0.2, -0.15) is 0 Å². The maximum atomic E-state index is 10.4. The van der Waals surface area contributed by atoms with Gasteiger partial charge in [0.2, 0.25) is 0 Å². The SMILES string of the molecule is CC=C1CSC(=O)N1. The summed E-state index contributed by atoms with van der Waals surface area (Å²) < 4.78 is 0. The van der Waals surface area contributed by atoms with E-state index in [1.807, 2.05) is 13.0 Å². The largest absolute Gasteiger partial charge is 0.320 e. The van der Waals surface area contributed by atoms with E-state index in [1.165, 1.54) is 11.8 Å². The maximum absolute atomic E-state index is 10.4. The van der Waals surface area contributed by atoms with Crippen LogP contribution in [0, 0.1) is 0 Å². The molecule has 0 aromatic carbocycles. The molecule has 0 bridgehead atoms. The van der Waals surface area contributed by atoms with Gasteiger partial charge < -0.3 is 5.32 Å². The second kappa shape index (κ2) is 2.22. The van der Waals surface area contributed by atoms with Crippen LogP contribution in [0.1, 0.15) is 6.92 Å². The molecule has 0 spiro atoms. The Bertz CT molecular complexity index is 141. The van der Waals surface area contributed by atoms with Crippen molar-refractivity contribution in [3.05, 3.63) is 11.8 Å². The summed E-state index contributed by atoms with van der Waals surface area (Å²) in [5, 5.41) is 2.76. The zero-order chi connectivity index (χ0) is 5.98. The predicted molar refractivity (Wildman–Crippen MR) is 34.7 cm³/mol. The van der Waals surface area contributed by atoms with Crippen LogP contribution in [-0.4, -0.2) is 11.0 Å². The van der Waals surface area contributed by atoms with Gasteiger partial charge in [0, 0.05) is 11.4 Å². The zero-order valence-electron chi connectivity index (χ0n) is 4.60. The van der Waals surface area contributed by atoms with Crippen molar-refractivity contribution >= 4 is 17.0 Å². The Balaban J connectivity index is 2.56. The summed E-state index contributed by atoms with van der Waals surface area (Å²) in [5.74, 6) is 0.815. The maximum Gasteiger partial charge on any atom is 0.283 e. The zero-order valence-corrected chi connectivity index (χ0v) is 5.42. The van der Waals surface area contributed by atoms with Crippen molar-refractivity contribution in [2.45, 2.75) is 6.92 Å². The van der Waals surface area contributed by atoms with Crippen molar-refractivity contribution < 1.29 is 4.79 Å². The summed E-state index contributed by atoms with van der Waals surface area (Å²) in [6, 6.07) is 0. The molecule has 44 valence electrons. The van der Waals surface area contributed by atoms with Crippen LogP contribution in [0.5, 0.6) is 0 Å². The molecule has 0 radical (unpaired) electrons. The van der Waals surface area contributed by atoms with E-state index in [9.17, 15) is 4.79 Å². The van der Waals surface area contributed by atoms with Gasteiger partial charge in [-0.25, -0.2) is 0 Å². The average molecular weight is 129 g/mol. The van der Waals surface area contributed by atoms with E-state index in [1.54, 1.807) is 0 Å². The number of nitrogens with one attached hydrogen (secondary N) is 1. The normalized spacial score (nSPS) is 24.1. The summed E-state index contributed by atoms with van der Waals surface area (Å²) in [5.41, 5.74) is 1.03. The highest BCUT2D eigenvalue weighted by Crippen LogP contribution is 2.14. The summed E-state index contributed by atoms with van der Waals surface area (Å²) in [4.78, 5) is 10.4. The molecule has 0 aliphatic carbocycles. The van der Waals surface area contributed by atoms with Gasteiger partial charge in [0.1, 0.15) is 0 Å². The number of amides is 1. The predicted octanol–water partition coefficient (Wildman–Crippen LogP) is 1.35. The lowest BCUT2D eigenvalue weighted by Crippen LogP contribution is -2.08. The first-order valence-corrected chi connectivity index (χ1v) is 3.40. The third-order valence-electron chi connectivity index (χ3n) is 0.970. The molecule has 1 aliphatic heterocycles. The first-order chi connectivity index (χ1) is 3.83. The number of thioether (sulfide) groups is 1. The van der Waals surface area contributed by atoms with E-state index in [0.717, 1.165) is 11.4 Å². The second-order valence-electron chi connectivity index (χ2n) is 1.52. The third kappa shape index (κ3) is 1.04. The average Bonchev–Trinajstić information content (AvgIpc) is 2.14. The topological polar surface area (TPSA) is 29.1 Å². The van der Waals surface area contributed by atoms with Crippen LogP contribution in [0.2, 0.25) is 0 Å². The highest BCUT2D eigenvalue weighted by molar-refractivity contribution is 8.14. The van der Waals surface area contributed by atoms with Crippen molar-refractivity contribution in [2.75, 3.05) is 5.75 Å². The lowest BCUT2D eigenvalue weighted by molar-refractivity contribution is 0.263. The van der Waals surface area contributed by atoms with Crippen LogP contribution in [0.4, 0.5) is 4.79 Å². The van der Waals surface area contributed by atoms with Gasteiger partial charge >= 0.3 is 0 Å². The lowest BCUT2D eigenvalue weighted by atomic mass is 10.5. The summed E-state index contributed by atoms with van der Waals surface area (Å²) in [6.45, 7) is 1.92. The molecule has 1 amide bonds. The van der Waals surface area contributed by atoms with Crippen molar-refractivity contribution in [2.24, 2.45) is 0 Å². The quantitative estimate of drug-likeness (QED) is 0.535. The molecule has 8 heavy (non-hydrogen) atoms. The van der Waals surface area contributed by atoms with Crippen LogP contribution < -0.4 is 5.32 Å². The van der Waals surface area contributed by atoms with Crippen LogP contribution in [0.25, 0.3) is 0 Å². The number of hydrogen-bond acceptors (Lipinski definition) is 2. The van der Waals surface area contributed by atoms with Crippen LogP contribution >= 0.6 is 11.8 Å². The first kappa shape index (κ1) is 5.69. The third-order valence-corrected chi connectivity index (χ3v) is 1.79. The second-order valence-corrected chi connectivity index (χ2v) is 2.46. The fourth-order valence-electron chi connectivity index (χ4n) is 0.502. The Morgan fingerprint density at radius 2 is 2.62 bits per heavy atom. The lowest BCUT2D eigenvalue weighted by Gasteiger charge is -1.88. The molecule has 1 aliphatic rings. The summed E-state index contributed by atoms with van der Waals surface area (Å²) >= 11 is 1.31. The van der Waals surface area contributed by atoms with Gasteiger partial charge in [-0.05, 0) is 6.92 Å². The Morgan fingerprint density at radius 1 is 1.88 bits per heavy atom. The highest BCUT2D eigenvalue weighted by Gasteiger charge is 2.12. The van der Waals surface area contributed by atoms with Crippen molar-refractivity contribution in [1.29, 1.82) is 0 Å². The van der Waals surface area contributed by atoms with Crippen LogP contribution in [0.15, 0.2) is 11.8 Å². The molecule has 0 aromatic heterocycles. The minimum absolute atomic E-state index is 0.0677. The number of rotatable bonds is 0. The Morgan fingerprint density at radius 3 is 2.88 bits per heavy atom. The van der Waals surface area contributed by atoms with E-state index in [2.05, 4.69) is 5.32 Å².